The Morgan fingerprint density at radius 2 is 1.83 bits per heavy atom. The van der Waals surface area contributed by atoms with E-state index in [1.54, 1.807) is 6.08 Å². The predicted octanol–water partition coefficient (Wildman–Crippen LogP) is 2.86. The van der Waals surface area contributed by atoms with E-state index >= 15 is 0 Å². The van der Waals surface area contributed by atoms with Gasteiger partial charge in [0.25, 0.3) is 0 Å². The molecule has 0 atom stereocenters. The number of carbonyl (C=O) groups is 2. The van der Waals surface area contributed by atoms with Crippen LogP contribution in [0.3, 0.4) is 0 Å². The van der Waals surface area contributed by atoms with Gasteiger partial charge in [0.05, 0.1) is 0 Å². The lowest BCUT2D eigenvalue weighted by molar-refractivity contribution is -0.107. The molecule has 3 nitrogen and oxygen atoms in total. The highest BCUT2D eigenvalue weighted by Crippen LogP contribution is 2.13. The zero-order chi connectivity index (χ0) is 13.4. The minimum atomic E-state index is 0.00593. The molecule has 1 aromatic rings. The first-order valence-corrected chi connectivity index (χ1v) is 6.07. The summed E-state index contributed by atoms with van der Waals surface area (Å²) in [5, 5.41) is 0. The quantitative estimate of drug-likeness (QED) is 0.321. The summed E-state index contributed by atoms with van der Waals surface area (Å²) in [5.74, 6) is 0.00593. The van der Waals surface area contributed by atoms with E-state index in [0.29, 0.717) is 12.0 Å². The molecule has 0 saturated heterocycles. The van der Waals surface area contributed by atoms with Gasteiger partial charge in [-0.05, 0) is 43.2 Å². The SMILES string of the molecule is CN(C)c1ccc(C(=O)/C=C/CCCC=O)cc1. The number of hydrogen-bond acceptors (Lipinski definition) is 3. The van der Waals surface area contributed by atoms with E-state index in [1.165, 1.54) is 0 Å². The highest BCUT2D eigenvalue weighted by Gasteiger charge is 2.01. The molecule has 0 spiro atoms. The number of rotatable bonds is 7. The van der Waals surface area contributed by atoms with Crippen LogP contribution in [-0.2, 0) is 4.79 Å². The maximum atomic E-state index is 11.8. The molecular weight excluding hydrogens is 226 g/mol. The van der Waals surface area contributed by atoms with Gasteiger partial charge in [-0.1, -0.05) is 6.08 Å². The van der Waals surface area contributed by atoms with Crippen LogP contribution in [-0.4, -0.2) is 26.2 Å². The maximum Gasteiger partial charge on any atom is 0.185 e. The van der Waals surface area contributed by atoms with Gasteiger partial charge in [-0.15, -0.1) is 0 Å². The number of aldehydes is 1. The van der Waals surface area contributed by atoms with E-state index in [1.807, 2.05) is 49.3 Å². The number of allylic oxidation sites excluding steroid dienone is 2. The molecule has 1 rings (SSSR count). The van der Waals surface area contributed by atoms with Crippen LogP contribution in [0.5, 0.6) is 0 Å². The molecule has 96 valence electrons. The lowest BCUT2D eigenvalue weighted by Gasteiger charge is -2.11. The van der Waals surface area contributed by atoms with Gasteiger partial charge < -0.3 is 9.69 Å². The molecule has 0 aromatic heterocycles. The second-order valence-corrected chi connectivity index (χ2v) is 4.31. The van der Waals surface area contributed by atoms with E-state index in [-0.39, 0.29) is 5.78 Å². The minimum Gasteiger partial charge on any atom is -0.378 e. The largest absolute Gasteiger partial charge is 0.378 e. The third kappa shape index (κ3) is 4.53. The fourth-order valence-corrected chi connectivity index (χ4v) is 1.53. The number of nitrogens with zero attached hydrogens (tertiary/aromatic N) is 1. The molecule has 0 aliphatic carbocycles. The van der Waals surface area contributed by atoms with Crippen molar-refractivity contribution in [2.45, 2.75) is 19.3 Å². The Kier molecular flexibility index (Phi) is 5.85. The van der Waals surface area contributed by atoms with E-state index in [9.17, 15) is 9.59 Å². The maximum absolute atomic E-state index is 11.8. The number of carbonyl (C=O) groups excluding carboxylic acids is 2. The first-order valence-electron chi connectivity index (χ1n) is 6.07. The first-order chi connectivity index (χ1) is 8.65. The van der Waals surface area contributed by atoms with Crippen molar-refractivity contribution in [3.63, 3.8) is 0 Å². The van der Waals surface area contributed by atoms with Crippen LogP contribution in [0.2, 0.25) is 0 Å². The van der Waals surface area contributed by atoms with Gasteiger partial charge in [-0.2, -0.15) is 0 Å². The molecule has 0 aliphatic rings. The summed E-state index contributed by atoms with van der Waals surface area (Å²) >= 11 is 0. The predicted molar refractivity (Wildman–Crippen MR) is 74.2 cm³/mol. The van der Waals surface area contributed by atoms with E-state index in [0.717, 1.165) is 24.8 Å². The summed E-state index contributed by atoms with van der Waals surface area (Å²) in [4.78, 5) is 23.9. The van der Waals surface area contributed by atoms with Crippen molar-refractivity contribution >= 4 is 17.8 Å². The van der Waals surface area contributed by atoms with Gasteiger partial charge in [0.1, 0.15) is 6.29 Å². The van der Waals surface area contributed by atoms with E-state index < -0.39 is 0 Å². The summed E-state index contributed by atoms with van der Waals surface area (Å²) in [6, 6.07) is 7.50. The van der Waals surface area contributed by atoms with Crippen molar-refractivity contribution in [3.8, 4) is 0 Å². The lowest BCUT2D eigenvalue weighted by Crippen LogP contribution is -2.08. The molecule has 1 aromatic carbocycles. The summed E-state index contributed by atoms with van der Waals surface area (Å²) in [5.41, 5.74) is 1.76. The van der Waals surface area contributed by atoms with Gasteiger partial charge >= 0.3 is 0 Å². The molecule has 0 heterocycles. The Bertz CT molecular complexity index is 419. The molecule has 0 aliphatic heterocycles. The molecule has 0 saturated carbocycles. The minimum absolute atomic E-state index is 0.00593. The number of ketones is 1. The summed E-state index contributed by atoms with van der Waals surface area (Å²) in [7, 11) is 3.92. The van der Waals surface area contributed by atoms with Gasteiger partial charge in [-0.25, -0.2) is 0 Å². The van der Waals surface area contributed by atoms with Crippen molar-refractivity contribution in [2.75, 3.05) is 19.0 Å². The Hall–Kier alpha value is -1.90. The van der Waals surface area contributed by atoms with E-state index in [4.69, 9.17) is 0 Å². The standard InChI is InChI=1S/C15H19NO2/c1-16(2)14-10-8-13(9-11-14)15(18)7-5-3-4-6-12-17/h5,7-12H,3-4,6H2,1-2H3/b7-5+. The van der Waals surface area contributed by atoms with Crippen LogP contribution in [0.1, 0.15) is 29.6 Å². The van der Waals surface area contributed by atoms with Crippen LogP contribution in [0.4, 0.5) is 5.69 Å². The molecule has 0 fully saturated rings. The number of anilines is 1. The normalized spacial score (nSPS) is 10.6. The second kappa shape index (κ2) is 7.43. The molecule has 0 unspecified atom stereocenters. The third-order valence-electron chi connectivity index (χ3n) is 2.63. The van der Waals surface area contributed by atoms with Gasteiger partial charge in [0.15, 0.2) is 5.78 Å². The number of unbranched alkanes of at least 4 members (excludes halogenated alkanes) is 2. The second-order valence-electron chi connectivity index (χ2n) is 4.31. The molecule has 0 radical (unpaired) electrons. The first kappa shape index (κ1) is 14.2. The third-order valence-corrected chi connectivity index (χ3v) is 2.63. The Labute approximate surface area is 108 Å². The molecule has 3 heteroatoms. The van der Waals surface area contributed by atoms with Crippen LogP contribution in [0.15, 0.2) is 36.4 Å². The van der Waals surface area contributed by atoms with Crippen molar-refractivity contribution in [2.24, 2.45) is 0 Å². The Balaban J connectivity index is 2.53. The smallest absolute Gasteiger partial charge is 0.185 e. The van der Waals surface area contributed by atoms with Crippen LogP contribution >= 0.6 is 0 Å². The lowest BCUT2D eigenvalue weighted by atomic mass is 10.1. The average Bonchev–Trinajstić information content (AvgIpc) is 2.38. The fraction of sp³-hybridized carbons (Fsp3) is 0.333. The van der Waals surface area contributed by atoms with Gasteiger partial charge in [0, 0.05) is 31.8 Å². The average molecular weight is 245 g/mol. The van der Waals surface area contributed by atoms with Crippen molar-refractivity contribution in [1.82, 2.24) is 0 Å². The molecule has 18 heavy (non-hydrogen) atoms. The van der Waals surface area contributed by atoms with Gasteiger partial charge in [0.2, 0.25) is 0 Å². The zero-order valence-corrected chi connectivity index (χ0v) is 10.9. The van der Waals surface area contributed by atoms with Crippen molar-refractivity contribution in [1.29, 1.82) is 0 Å². The highest BCUT2D eigenvalue weighted by molar-refractivity contribution is 6.04. The monoisotopic (exact) mass is 245 g/mol. The molecular formula is C15H19NO2. The zero-order valence-electron chi connectivity index (χ0n) is 10.9. The summed E-state index contributed by atoms with van der Waals surface area (Å²) in [6.45, 7) is 0. The van der Waals surface area contributed by atoms with Crippen molar-refractivity contribution < 1.29 is 9.59 Å². The molecule has 0 N–H and O–H groups in total. The molecule has 0 amide bonds. The topological polar surface area (TPSA) is 37.4 Å². The number of hydrogen-bond donors (Lipinski definition) is 0. The summed E-state index contributed by atoms with van der Waals surface area (Å²) < 4.78 is 0. The Morgan fingerprint density at radius 3 is 2.39 bits per heavy atom. The molecule has 0 bridgehead atoms. The van der Waals surface area contributed by atoms with Crippen LogP contribution in [0.25, 0.3) is 0 Å². The highest BCUT2D eigenvalue weighted by atomic mass is 16.1. The Morgan fingerprint density at radius 1 is 1.17 bits per heavy atom. The van der Waals surface area contributed by atoms with Crippen LogP contribution in [0, 0.1) is 0 Å². The van der Waals surface area contributed by atoms with E-state index in [2.05, 4.69) is 0 Å². The van der Waals surface area contributed by atoms with Gasteiger partial charge in [-0.3, -0.25) is 4.79 Å². The number of benzene rings is 1. The van der Waals surface area contributed by atoms with Crippen LogP contribution < -0.4 is 4.90 Å². The van der Waals surface area contributed by atoms with Crippen molar-refractivity contribution in [3.05, 3.63) is 42.0 Å². The fourth-order valence-electron chi connectivity index (χ4n) is 1.53. The summed E-state index contributed by atoms with van der Waals surface area (Å²) in [6.07, 6.45) is 6.42.